The lowest BCUT2D eigenvalue weighted by molar-refractivity contribution is 0.103. The normalized spacial score (nSPS) is 12.0. The van der Waals surface area contributed by atoms with E-state index in [1.807, 2.05) is 48.5 Å². The summed E-state index contributed by atoms with van der Waals surface area (Å²) in [6.45, 7) is 22.7. The molecule has 0 aromatic heterocycles. The summed E-state index contributed by atoms with van der Waals surface area (Å²) >= 11 is 0. The van der Waals surface area contributed by atoms with Gasteiger partial charge < -0.3 is 29.9 Å². The van der Waals surface area contributed by atoms with Crippen molar-refractivity contribution in [1.82, 2.24) is 20.4 Å². The maximum atomic E-state index is 13.3. The van der Waals surface area contributed by atoms with Crippen LogP contribution in [0.3, 0.4) is 0 Å². The van der Waals surface area contributed by atoms with Gasteiger partial charge in [0.1, 0.15) is 11.5 Å². The van der Waals surface area contributed by atoms with E-state index in [4.69, 9.17) is 9.47 Å². The maximum absolute atomic E-state index is 13.3. The van der Waals surface area contributed by atoms with Gasteiger partial charge in [0.15, 0.2) is 11.6 Å². The predicted molar refractivity (Wildman–Crippen MR) is 246 cm³/mol. The van der Waals surface area contributed by atoms with Crippen molar-refractivity contribution in [2.45, 2.75) is 144 Å². The highest BCUT2D eigenvalue weighted by atomic mass is 16.5. The van der Waals surface area contributed by atoms with E-state index in [0.717, 1.165) is 114 Å². The van der Waals surface area contributed by atoms with Gasteiger partial charge in [-0.25, -0.2) is 0 Å². The first kappa shape index (κ1) is 50.5. The van der Waals surface area contributed by atoms with Gasteiger partial charge in [-0.1, -0.05) is 80.1 Å². The molecule has 8 heteroatoms. The molecule has 2 aromatic carbocycles. The molecule has 326 valence electrons. The number of nitrogens with zero attached hydrogens (tertiary/aromatic N) is 2. The van der Waals surface area contributed by atoms with Crippen molar-refractivity contribution >= 4 is 11.6 Å². The second kappa shape index (κ2) is 33.2. The van der Waals surface area contributed by atoms with Gasteiger partial charge in [0.2, 0.25) is 0 Å². The molecular formula is C50H82N4O4. The van der Waals surface area contributed by atoms with E-state index in [2.05, 4.69) is 62.0 Å². The van der Waals surface area contributed by atoms with Crippen molar-refractivity contribution in [3.05, 3.63) is 83.2 Å². The van der Waals surface area contributed by atoms with Crippen LogP contribution in [0.4, 0.5) is 0 Å². The minimum Gasteiger partial charge on any atom is -0.494 e. The number of allylic oxidation sites excluding steroid dienone is 4. The Morgan fingerprint density at radius 3 is 1.09 bits per heavy atom. The molecular weight excluding hydrogens is 721 g/mol. The minimum absolute atomic E-state index is 0.0115. The van der Waals surface area contributed by atoms with Gasteiger partial charge in [-0.15, -0.1) is 0 Å². The van der Waals surface area contributed by atoms with E-state index < -0.39 is 0 Å². The van der Waals surface area contributed by atoms with Crippen LogP contribution in [-0.4, -0.2) is 86.9 Å². The first-order valence-electron chi connectivity index (χ1n) is 23.2. The molecule has 0 saturated carbocycles. The zero-order chi connectivity index (χ0) is 42.1. The Morgan fingerprint density at radius 1 is 0.466 bits per heavy atom. The molecule has 0 atom stereocenters. The van der Waals surface area contributed by atoms with Gasteiger partial charge in [0.25, 0.3) is 0 Å². The number of carbonyl (C=O) groups is 2. The number of hydrogen-bond donors (Lipinski definition) is 2. The molecule has 0 aliphatic carbocycles. The van der Waals surface area contributed by atoms with Gasteiger partial charge in [-0.05, 0) is 139 Å². The average molecular weight is 803 g/mol. The SMILES string of the molecule is CCCC/C(=C\C(=O)c1ccc(OCCCN(CCCC)CCCC)cc1)NCCN/C(=C/C(=O)c1ccc(OCCCN(CCCC)CCCC)cc1)CCCC. The molecule has 0 spiro atoms. The largest absolute Gasteiger partial charge is 0.494 e. The number of rotatable bonds is 37. The van der Waals surface area contributed by atoms with Crippen LogP contribution in [0, 0.1) is 0 Å². The van der Waals surface area contributed by atoms with E-state index >= 15 is 0 Å². The summed E-state index contributed by atoms with van der Waals surface area (Å²) < 4.78 is 12.1. The summed E-state index contributed by atoms with van der Waals surface area (Å²) in [5.41, 5.74) is 3.18. The number of carbonyl (C=O) groups excluding carboxylic acids is 2. The first-order valence-corrected chi connectivity index (χ1v) is 23.2. The highest BCUT2D eigenvalue weighted by Gasteiger charge is 2.10. The lowest BCUT2D eigenvalue weighted by Crippen LogP contribution is -2.28. The Kier molecular flexibility index (Phi) is 29.0. The van der Waals surface area contributed by atoms with Crippen molar-refractivity contribution in [3.8, 4) is 11.5 Å². The number of hydrogen-bond acceptors (Lipinski definition) is 8. The summed E-state index contributed by atoms with van der Waals surface area (Å²) in [6.07, 6.45) is 21.0. The molecule has 0 aliphatic heterocycles. The summed E-state index contributed by atoms with van der Waals surface area (Å²) in [5, 5.41) is 7.01. The fourth-order valence-electron chi connectivity index (χ4n) is 6.67. The first-order chi connectivity index (χ1) is 28.4. The Hall–Kier alpha value is -3.62. The van der Waals surface area contributed by atoms with Crippen LogP contribution in [0.15, 0.2) is 72.1 Å². The van der Waals surface area contributed by atoms with Crippen molar-refractivity contribution < 1.29 is 19.1 Å². The Labute approximate surface area is 354 Å². The van der Waals surface area contributed by atoms with E-state index in [1.54, 1.807) is 12.2 Å². The highest BCUT2D eigenvalue weighted by Crippen LogP contribution is 2.17. The highest BCUT2D eigenvalue weighted by molar-refractivity contribution is 6.05. The molecule has 2 aromatic rings. The lowest BCUT2D eigenvalue weighted by Gasteiger charge is -2.21. The van der Waals surface area contributed by atoms with Crippen LogP contribution < -0.4 is 20.1 Å². The molecule has 0 heterocycles. The quantitative estimate of drug-likeness (QED) is 0.0397. The molecule has 2 N–H and O–H groups in total. The summed E-state index contributed by atoms with van der Waals surface area (Å²) in [4.78, 5) is 31.7. The fourth-order valence-corrected chi connectivity index (χ4v) is 6.67. The molecule has 0 unspecified atom stereocenters. The predicted octanol–water partition coefficient (Wildman–Crippen LogP) is 11.4. The topological polar surface area (TPSA) is 83.1 Å². The van der Waals surface area contributed by atoms with Gasteiger partial charge in [0, 0.05) is 60.9 Å². The van der Waals surface area contributed by atoms with Crippen LogP contribution >= 0.6 is 0 Å². The number of ketones is 2. The van der Waals surface area contributed by atoms with Gasteiger partial charge in [-0.3, -0.25) is 9.59 Å². The monoisotopic (exact) mass is 803 g/mol. The van der Waals surface area contributed by atoms with E-state index in [9.17, 15) is 9.59 Å². The van der Waals surface area contributed by atoms with Crippen LogP contribution in [0.1, 0.15) is 165 Å². The van der Waals surface area contributed by atoms with Crippen LogP contribution in [0.5, 0.6) is 11.5 Å². The second-order valence-electron chi connectivity index (χ2n) is 15.7. The minimum atomic E-state index is -0.0115. The molecule has 0 saturated heterocycles. The number of benzene rings is 2. The van der Waals surface area contributed by atoms with Gasteiger partial charge >= 0.3 is 0 Å². The molecule has 0 bridgehead atoms. The Balaban J connectivity index is 1.88. The molecule has 8 nitrogen and oxygen atoms in total. The lowest BCUT2D eigenvalue weighted by atomic mass is 10.1. The van der Waals surface area contributed by atoms with Crippen LogP contribution in [0.2, 0.25) is 0 Å². The van der Waals surface area contributed by atoms with Crippen molar-refractivity contribution in [1.29, 1.82) is 0 Å². The molecule has 0 radical (unpaired) electrons. The van der Waals surface area contributed by atoms with Crippen molar-refractivity contribution in [2.24, 2.45) is 0 Å². The third-order valence-corrected chi connectivity index (χ3v) is 10.4. The third-order valence-electron chi connectivity index (χ3n) is 10.4. The van der Waals surface area contributed by atoms with E-state index in [1.165, 1.54) is 51.4 Å². The van der Waals surface area contributed by atoms with Gasteiger partial charge in [0.05, 0.1) is 13.2 Å². The van der Waals surface area contributed by atoms with E-state index in [0.29, 0.717) is 37.4 Å². The summed E-state index contributed by atoms with van der Waals surface area (Å²) in [6, 6.07) is 15.1. The number of nitrogens with one attached hydrogen (secondary N) is 2. The molecule has 0 amide bonds. The second-order valence-corrected chi connectivity index (χ2v) is 15.7. The standard InChI is InChI=1S/C50H82N4O4/c1-7-13-21-45(41-49(55)43-23-27-47(28-24-43)57-39-19-37-53(33-15-9-3)34-16-10-4)51-31-32-52-46(22-14-8-2)42-50(56)44-25-29-48(30-26-44)58-40-20-38-54(35-17-11-5)36-18-12-6/h23-30,41-42,51-52H,7-22,31-40H2,1-6H3/b45-41+,46-42+. The van der Waals surface area contributed by atoms with Crippen molar-refractivity contribution in [2.75, 3.05) is 65.6 Å². The fraction of sp³-hybridized carbons (Fsp3) is 0.640. The van der Waals surface area contributed by atoms with Crippen LogP contribution in [0.25, 0.3) is 0 Å². The maximum Gasteiger partial charge on any atom is 0.187 e. The Morgan fingerprint density at radius 2 is 0.776 bits per heavy atom. The number of ether oxygens (including phenoxy) is 2. The van der Waals surface area contributed by atoms with Crippen molar-refractivity contribution in [3.63, 3.8) is 0 Å². The molecule has 58 heavy (non-hydrogen) atoms. The smallest absolute Gasteiger partial charge is 0.187 e. The number of unbranched alkanes of at least 4 members (excludes halogenated alkanes) is 6. The third kappa shape index (κ3) is 23.1. The molecule has 0 fully saturated rings. The Bertz CT molecular complexity index is 1280. The zero-order valence-corrected chi connectivity index (χ0v) is 37.7. The molecule has 0 aliphatic rings. The van der Waals surface area contributed by atoms with E-state index in [-0.39, 0.29) is 11.6 Å². The zero-order valence-electron chi connectivity index (χ0n) is 37.7. The average Bonchev–Trinajstić information content (AvgIpc) is 3.24. The summed E-state index contributed by atoms with van der Waals surface area (Å²) in [5.74, 6) is 1.58. The van der Waals surface area contributed by atoms with Gasteiger partial charge in [-0.2, -0.15) is 0 Å². The molecule has 2 rings (SSSR count). The summed E-state index contributed by atoms with van der Waals surface area (Å²) in [7, 11) is 0. The van der Waals surface area contributed by atoms with Crippen LogP contribution in [-0.2, 0) is 0 Å².